The van der Waals surface area contributed by atoms with Crippen LogP contribution in [0.4, 0.5) is 13.2 Å². The summed E-state index contributed by atoms with van der Waals surface area (Å²) in [6.45, 7) is 6.25. The molecule has 3 saturated heterocycles. The van der Waals surface area contributed by atoms with E-state index in [1.165, 1.54) is 13.8 Å². The van der Waals surface area contributed by atoms with Crippen molar-refractivity contribution in [2.75, 3.05) is 13.1 Å². The van der Waals surface area contributed by atoms with E-state index < -0.39 is 71.2 Å². The molecule has 0 spiro atoms. The Bertz CT molecular complexity index is 1040. The summed E-state index contributed by atoms with van der Waals surface area (Å²) in [6.07, 6.45) is -4.90. The van der Waals surface area contributed by atoms with Gasteiger partial charge in [0, 0.05) is 24.4 Å². The summed E-state index contributed by atoms with van der Waals surface area (Å²) in [4.78, 5) is 65.6. The number of hydrogen-bond acceptors (Lipinski definition) is 6. The van der Waals surface area contributed by atoms with E-state index in [2.05, 4.69) is 16.0 Å². The molecule has 4 N–H and O–H groups in total. The molecule has 6 atom stereocenters. The van der Waals surface area contributed by atoms with E-state index in [0.29, 0.717) is 6.42 Å². The molecule has 0 aromatic rings. The van der Waals surface area contributed by atoms with Gasteiger partial charge in [-0.2, -0.15) is 18.4 Å². The second-order valence-electron chi connectivity index (χ2n) is 11.2. The fourth-order valence-electron chi connectivity index (χ4n) is 5.41. The Labute approximate surface area is 218 Å². The molecule has 3 aliphatic heterocycles. The van der Waals surface area contributed by atoms with Crippen molar-refractivity contribution in [3.63, 3.8) is 0 Å². The zero-order valence-corrected chi connectivity index (χ0v) is 21.6. The van der Waals surface area contributed by atoms with E-state index in [1.54, 1.807) is 5.32 Å². The fourth-order valence-corrected chi connectivity index (χ4v) is 5.41. The normalized spacial score (nSPS) is 32.3. The largest absolute Gasteiger partial charge is 0.471 e. The molecule has 3 rings (SSSR count). The van der Waals surface area contributed by atoms with Crippen molar-refractivity contribution in [1.82, 2.24) is 26.2 Å². The van der Waals surface area contributed by atoms with Gasteiger partial charge in [-0.15, -0.1) is 0 Å². The molecule has 0 aliphatic carbocycles. The third-order valence-corrected chi connectivity index (χ3v) is 7.65. The van der Waals surface area contributed by atoms with Gasteiger partial charge in [-0.1, -0.05) is 27.7 Å². The lowest BCUT2D eigenvalue weighted by Crippen LogP contribution is -2.63. The molecule has 3 fully saturated rings. The molecular formula is C24H33F3N6O5. The Balaban J connectivity index is 2.06. The van der Waals surface area contributed by atoms with Gasteiger partial charge in [0.1, 0.15) is 24.2 Å². The van der Waals surface area contributed by atoms with Gasteiger partial charge in [-0.05, 0) is 31.1 Å². The predicted molar refractivity (Wildman–Crippen MR) is 125 cm³/mol. The average molecular weight is 543 g/mol. The van der Waals surface area contributed by atoms with Crippen molar-refractivity contribution in [2.45, 2.75) is 77.3 Å². The molecule has 0 aromatic heterocycles. The van der Waals surface area contributed by atoms with Gasteiger partial charge in [0.15, 0.2) is 0 Å². The minimum Gasteiger partial charge on any atom is -0.354 e. The second kappa shape index (κ2) is 10.8. The molecule has 14 heteroatoms. The maximum atomic E-state index is 13.8. The highest BCUT2D eigenvalue weighted by molar-refractivity contribution is 5.95. The maximum absolute atomic E-state index is 13.8. The highest BCUT2D eigenvalue weighted by atomic mass is 19.4. The standard InChI is InChI=1S/C24H33F3N6O5/c1-11(2)14-5-6-33-16(14)20(36)30-13(9-28)7-12-8-15(31-18(12)34)19(35)29-10-23(3,4)17(21(33)37)32-22(38)24(25,26)27/h11-17H,5-8,10H2,1-4H3,(H,29,35)(H,30,36)(H,31,34)(H,32,38)/t12-,13?,14-,15+,16+,17+/m1/s1. The number of amides is 5. The lowest BCUT2D eigenvalue weighted by Gasteiger charge is -2.38. The van der Waals surface area contributed by atoms with Crippen molar-refractivity contribution in [3.05, 3.63) is 0 Å². The number of carbonyl (C=O) groups is 5. The second-order valence-corrected chi connectivity index (χ2v) is 11.2. The Hall–Kier alpha value is -3.37. The minimum atomic E-state index is -5.28. The highest BCUT2D eigenvalue weighted by Gasteiger charge is 2.51. The average Bonchev–Trinajstić information content (AvgIpc) is 3.43. The van der Waals surface area contributed by atoms with Crippen LogP contribution in [0.1, 0.15) is 47.0 Å². The zero-order chi connectivity index (χ0) is 28.6. The summed E-state index contributed by atoms with van der Waals surface area (Å²) in [5.41, 5.74) is -1.43. The molecule has 0 saturated carbocycles. The first-order valence-electron chi connectivity index (χ1n) is 12.5. The van der Waals surface area contributed by atoms with Crippen LogP contribution in [0.2, 0.25) is 0 Å². The van der Waals surface area contributed by atoms with Crippen LogP contribution in [0, 0.1) is 34.5 Å². The molecule has 3 heterocycles. The van der Waals surface area contributed by atoms with Gasteiger partial charge >= 0.3 is 12.1 Å². The first-order valence-corrected chi connectivity index (χ1v) is 12.5. The third kappa shape index (κ3) is 6.02. The maximum Gasteiger partial charge on any atom is 0.471 e. The summed E-state index contributed by atoms with van der Waals surface area (Å²) in [5, 5.41) is 19.1. The molecule has 38 heavy (non-hydrogen) atoms. The predicted octanol–water partition coefficient (Wildman–Crippen LogP) is -0.0342. The molecule has 0 aromatic carbocycles. The summed E-state index contributed by atoms with van der Waals surface area (Å²) in [7, 11) is 0. The molecular weight excluding hydrogens is 509 g/mol. The van der Waals surface area contributed by atoms with Gasteiger partial charge in [-0.25, -0.2) is 0 Å². The molecule has 5 amide bonds. The molecule has 1 unspecified atom stereocenters. The smallest absolute Gasteiger partial charge is 0.354 e. The lowest BCUT2D eigenvalue weighted by atomic mass is 9.82. The Kier molecular flexibility index (Phi) is 8.28. The van der Waals surface area contributed by atoms with Crippen LogP contribution in [0.3, 0.4) is 0 Å². The summed E-state index contributed by atoms with van der Waals surface area (Å²) in [5.74, 6) is -6.16. The Morgan fingerprint density at radius 2 is 1.76 bits per heavy atom. The number of hydrogen-bond donors (Lipinski definition) is 4. The van der Waals surface area contributed by atoms with Gasteiger partial charge in [0.05, 0.1) is 6.07 Å². The van der Waals surface area contributed by atoms with Crippen molar-refractivity contribution < 1.29 is 37.1 Å². The molecule has 2 bridgehead atoms. The van der Waals surface area contributed by atoms with Gasteiger partial charge in [-0.3, -0.25) is 24.0 Å². The number of nitriles is 1. The summed E-state index contributed by atoms with van der Waals surface area (Å²) in [6, 6.07) is -2.98. The van der Waals surface area contributed by atoms with E-state index in [4.69, 9.17) is 0 Å². The number of carbonyl (C=O) groups excluding carboxylic acids is 5. The van der Waals surface area contributed by atoms with Crippen LogP contribution in [-0.4, -0.2) is 77.9 Å². The number of nitrogens with one attached hydrogen (secondary N) is 4. The van der Waals surface area contributed by atoms with E-state index in [-0.39, 0.29) is 37.8 Å². The van der Waals surface area contributed by atoms with Crippen LogP contribution in [-0.2, 0) is 24.0 Å². The van der Waals surface area contributed by atoms with Crippen LogP contribution in [0.5, 0.6) is 0 Å². The SMILES string of the molecule is CC(C)[C@H]1CCN2C(=O)[C@H](NC(=O)C(F)(F)F)C(C)(C)CNC(=O)[C@@H]3C[C@@H](CC(C#N)NC(=O)[C@H]12)C(=O)N3. The number of halogens is 3. The fraction of sp³-hybridized carbons (Fsp3) is 0.750. The third-order valence-electron chi connectivity index (χ3n) is 7.65. The van der Waals surface area contributed by atoms with Crippen molar-refractivity contribution in [3.8, 4) is 6.07 Å². The van der Waals surface area contributed by atoms with Crippen LogP contribution in [0.25, 0.3) is 0 Å². The van der Waals surface area contributed by atoms with E-state index in [1.807, 2.05) is 19.9 Å². The first kappa shape index (κ1) is 29.2. The summed E-state index contributed by atoms with van der Waals surface area (Å²) >= 11 is 0. The minimum absolute atomic E-state index is 0.0465. The Morgan fingerprint density at radius 3 is 2.34 bits per heavy atom. The van der Waals surface area contributed by atoms with Crippen LogP contribution in [0.15, 0.2) is 0 Å². The monoisotopic (exact) mass is 542 g/mol. The number of alkyl halides is 3. The van der Waals surface area contributed by atoms with Gasteiger partial charge in [0.25, 0.3) is 0 Å². The van der Waals surface area contributed by atoms with Crippen LogP contribution >= 0.6 is 0 Å². The summed E-state index contributed by atoms with van der Waals surface area (Å²) < 4.78 is 39.6. The topological polar surface area (TPSA) is 160 Å². The van der Waals surface area contributed by atoms with E-state index >= 15 is 0 Å². The Morgan fingerprint density at radius 1 is 1.11 bits per heavy atom. The highest BCUT2D eigenvalue weighted by Crippen LogP contribution is 2.34. The quantitative estimate of drug-likeness (QED) is 0.383. The lowest BCUT2D eigenvalue weighted by molar-refractivity contribution is -0.176. The van der Waals surface area contributed by atoms with E-state index in [0.717, 1.165) is 4.90 Å². The zero-order valence-electron chi connectivity index (χ0n) is 21.6. The van der Waals surface area contributed by atoms with Crippen LogP contribution < -0.4 is 21.3 Å². The number of fused-ring (bicyclic) bond motifs is 3. The molecule has 0 radical (unpaired) electrons. The van der Waals surface area contributed by atoms with Gasteiger partial charge in [0.2, 0.25) is 23.6 Å². The van der Waals surface area contributed by atoms with Crippen molar-refractivity contribution in [1.29, 1.82) is 5.26 Å². The van der Waals surface area contributed by atoms with E-state index in [9.17, 15) is 42.4 Å². The van der Waals surface area contributed by atoms with Crippen molar-refractivity contribution in [2.24, 2.45) is 23.2 Å². The number of nitrogens with zero attached hydrogens (tertiary/aromatic N) is 2. The number of rotatable bonds is 2. The molecule has 11 nitrogen and oxygen atoms in total. The van der Waals surface area contributed by atoms with Crippen molar-refractivity contribution >= 4 is 29.5 Å². The molecule has 210 valence electrons. The first-order chi connectivity index (χ1) is 17.6. The van der Waals surface area contributed by atoms with Gasteiger partial charge < -0.3 is 26.2 Å². The molecule has 3 aliphatic rings.